The van der Waals surface area contributed by atoms with Crippen molar-refractivity contribution in [2.24, 2.45) is 0 Å². The number of aromatic nitrogens is 3. The number of nitrogens with one attached hydrogen (secondary N) is 2. The van der Waals surface area contributed by atoms with Crippen LogP contribution in [0, 0.1) is 0 Å². The molecule has 15 heteroatoms. The van der Waals surface area contributed by atoms with Crippen LogP contribution in [0.3, 0.4) is 0 Å². The van der Waals surface area contributed by atoms with Gasteiger partial charge in [-0.3, -0.25) is 0 Å². The van der Waals surface area contributed by atoms with Crippen molar-refractivity contribution >= 4 is 17.5 Å². The maximum atomic E-state index is 14.2. The average Bonchev–Trinajstić information content (AvgIpc) is 2.61. The third kappa shape index (κ3) is 5.73. The maximum absolute atomic E-state index is 14.2. The summed E-state index contributed by atoms with van der Waals surface area (Å²) >= 11 is 0. The quantitative estimate of drug-likeness (QED) is 0.583. The molecule has 0 saturated heterocycles. The Morgan fingerprint density at radius 3 is 2.27 bits per heavy atom. The standard InChI is InChI=1S/C15H14F9N5O/c1-2-7(15(22,23)24)26-12-28-10(27-11(29-12)25-5-14(19,20)21)6-3-4-13(17,18)9(30)8(6)16/h2,9,30H,3-5H2,1H3,(H2,25,26,27,28,29). The first kappa shape index (κ1) is 23.7. The summed E-state index contributed by atoms with van der Waals surface area (Å²) in [5, 5.41) is 12.8. The summed E-state index contributed by atoms with van der Waals surface area (Å²) in [7, 11) is 0. The molecule has 1 atom stereocenters. The van der Waals surface area contributed by atoms with Crippen LogP contribution in [-0.4, -0.2) is 51.0 Å². The van der Waals surface area contributed by atoms with Gasteiger partial charge in [-0.2, -0.15) is 41.3 Å². The number of rotatable bonds is 5. The van der Waals surface area contributed by atoms with Crippen molar-refractivity contribution in [2.45, 2.75) is 44.1 Å². The summed E-state index contributed by atoms with van der Waals surface area (Å²) in [6, 6.07) is 0. The van der Waals surface area contributed by atoms with E-state index in [0.29, 0.717) is 6.08 Å². The van der Waals surface area contributed by atoms with E-state index >= 15 is 0 Å². The second kappa shape index (κ2) is 8.28. The molecule has 1 aromatic heterocycles. The number of alkyl halides is 8. The predicted octanol–water partition coefficient (Wildman–Crippen LogP) is 4.19. The third-order valence-corrected chi connectivity index (χ3v) is 3.83. The van der Waals surface area contributed by atoms with Gasteiger partial charge < -0.3 is 15.7 Å². The molecule has 0 spiro atoms. The zero-order chi connectivity index (χ0) is 22.9. The van der Waals surface area contributed by atoms with Crippen LogP contribution < -0.4 is 10.6 Å². The minimum Gasteiger partial charge on any atom is -0.380 e. The van der Waals surface area contributed by atoms with E-state index < -0.39 is 78.6 Å². The van der Waals surface area contributed by atoms with Gasteiger partial charge in [0.15, 0.2) is 11.9 Å². The monoisotopic (exact) mass is 451 g/mol. The second-order valence-electron chi connectivity index (χ2n) is 6.09. The number of aliphatic hydroxyl groups excluding tert-OH is 1. The molecule has 0 aromatic carbocycles. The molecular formula is C15H14F9N5O. The summed E-state index contributed by atoms with van der Waals surface area (Å²) in [5.41, 5.74) is -2.07. The van der Waals surface area contributed by atoms with Gasteiger partial charge >= 0.3 is 12.4 Å². The van der Waals surface area contributed by atoms with Gasteiger partial charge in [-0.05, 0) is 13.3 Å². The van der Waals surface area contributed by atoms with E-state index in [1.54, 1.807) is 10.6 Å². The van der Waals surface area contributed by atoms with Crippen LogP contribution in [-0.2, 0) is 0 Å². The summed E-state index contributed by atoms with van der Waals surface area (Å²) in [5.74, 6) is -8.16. The van der Waals surface area contributed by atoms with E-state index in [2.05, 4.69) is 15.0 Å². The molecule has 168 valence electrons. The number of allylic oxidation sites excluding steroid dienone is 3. The van der Waals surface area contributed by atoms with Crippen molar-refractivity contribution in [3.63, 3.8) is 0 Å². The number of hydrogen-bond acceptors (Lipinski definition) is 6. The lowest BCUT2D eigenvalue weighted by molar-refractivity contribution is -0.115. The van der Waals surface area contributed by atoms with E-state index in [1.807, 2.05) is 0 Å². The molecule has 2 rings (SSSR count). The Kier molecular flexibility index (Phi) is 6.54. The largest absolute Gasteiger partial charge is 0.431 e. The highest BCUT2D eigenvalue weighted by atomic mass is 19.4. The van der Waals surface area contributed by atoms with Crippen molar-refractivity contribution in [3.05, 3.63) is 23.4 Å². The summed E-state index contributed by atoms with van der Waals surface area (Å²) in [6.45, 7) is -0.684. The Morgan fingerprint density at radius 1 is 1.13 bits per heavy atom. The van der Waals surface area contributed by atoms with Crippen LogP contribution in [0.2, 0.25) is 0 Å². The van der Waals surface area contributed by atoms with Crippen molar-refractivity contribution < 1.29 is 44.6 Å². The Labute approximate surface area is 162 Å². The summed E-state index contributed by atoms with van der Waals surface area (Å²) < 4.78 is 117. The van der Waals surface area contributed by atoms with Crippen molar-refractivity contribution in [2.75, 3.05) is 17.2 Å². The minimum absolute atomic E-state index is 0.580. The van der Waals surface area contributed by atoms with Gasteiger partial charge in [-0.15, -0.1) is 0 Å². The first-order chi connectivity index (χ1) is 13.6. The first-order valence-corrected chi connectivity index (χ1v) is 8.16. The minimum atomic E-state index is -4.91. The van der Waals surface area contributed by atoms with Crippen molar-refractivity contribution in [3.8, 4) is 0 Å². The van der Waals surface area contributed by atoms with Crippen molar-refractivity contribution in [1.82, 2.24) is 15.0 Å². The van der Waals surface area contributed by atoms with Gasteiger partial charge in [0.25, 0.3) is 5.92 Å². The fraction of sp³-hybridized carbons (Fsp3) is 0.533. The number of aliphatic hydroxyl groups is 1. The van der Waals surface area contributed by atoms with Crippen molar-refractivity contribution in [1.29, 1.82) is 0 Å². The lowest BCUT2D eigenvalue weighted by Gasteiger charge is -2.27. The maximum Gasteiger partial charge on any atom is 0.431 e. The Hall–Kier alpha value is -2.58. The molecule has 0 aliphatic heterocycles. The highest BCUT2D eigenvalue weighted by Crippen LogP contribution is 2.41. The third-order valence-electron chi connectivity index (χ3n) is 3.83. The normalized spacial score (nSPS) is 20.4. The Balaban J connectivity index is 2.50. The number of halogens is 9. The molecule has 0 bridgehead atoms. The molecule has 0 saturated carbocycles. The second-order valence-corrected chi connectivity index (χ2v) is 6.09. The van der Waals surface area contributed by atoms with Gasteiger partial charge in [0, 0.05) is 12.0 Å². The van der Waals surface area contributed by atoms with Crippen LogP contribution in [0.5, 0.6) is 0 Å². The molecule has 6 nitrogen and oxygen atoms in total. The van der Waals surface area contributed by atoms with Crippen LogP contribution in [0.1, 0.15) is 25.6 Å². The van der Waals surface area contributed by atoms with E-state index in [1.165, 1.54) is 0 Å². The molecule has 1 aliphatic carbocycles. The molecule has 0 fully saturated rings. The lowest BCUT2D eigenvalue weighted by Crippen LogP contribution is -2.37. The van der Waals surface area contributed by atoms with Gasteiger partial charge in [0.2, 0.25) is 11.9 Å². The average molecular weight is 451 g/mol. The topological polar surface area (TPSA) is 83.0 Å². The number of nitrogens with zero attached hydrogens (tertiary/aromatic N) is 3. The predicted molar refractivity (Wildman–Crippen MR) is 86.0 cm³/mol. The number of hydrogen-bond donors (Lipinski definition) is 3. The highest BCUT2D eigenvalue weighted by molar-refractivity contribution is 5.66. The van der Waals surface area contributed by atoms with E-state index in [-0.39, 0.29) is 0 Å². The molecule has 1 aliphatic rings. The van der Waals surface area contributed by atoms with Gasteiger partial charge in [-0.25, -0.2) is 13.2 Å². The highest BCUT2D eigenvalue weighted by Gasteiger charge is 2.46. The van der Waals surface area contributed by atoms with Gasteiger partial charge in [0.1, 0.15) is 18.1 Å². The molecular weight excluding hydrogens is 437 g/mol. The fourth-order valence-corrected chi connectivity index (χ4v) is 2.37. The van der Waals surface area contributed by atoms with Gasteiger partial charge in [-0.1, -0.05) is 6.08 Å². The van der Waals surface area contributed by atoms with E-state index in [4.69, 9.17) is 0 Å². The molecule has 0 radical (unpaired) electrons. The number of anilines is 2. The van der Waals surface area contributed by atoms with E-state index in [0.717, 1.165) is 6.92 Å². The van der Waals surface area contributed by atoms with Crippen LogP contribution in [0.4, 0.5) is 51.4 Å². The molecule has 1 aromatic rings. The molecule has 3 N–H and O–H groups in total. The molecule has 1 unspecified atom stereocenters. The van der Waals surface area contributed by atoms with E-state index in [9.17, 15) is 44.6 Å². The Bertz CT molecular complexity index is 848. The smallest absolute Gasteiger partial charge is 0.380 e. The molecule has 1 heterocycles. The van der Waals surface area contributed by atoms with Crippen LogP contribution in [0.15, 0.2) is 17.6 Å². The Morgan fingerprint density at radius 2 is 1.73 bits per heavy atom. The fourth-order valence-electron chi connectivity index (χ4n) is 2.37. The van der Waals surface area contributed by atoms with Crippen LogP contribution in [0.25, 0.3) is 5.57 Å². The zero-order valence-electron chi connectivity index (χ0n) is 15.0. The molecule has 30 heavy (non-hydrogen) atoms. The zero-order valence-corrected chi connectivity index (χ0v) is 15.0. The van der Waals surface area contributed by atoms with Crippen LogP contribution >= 0.6 is 0 Å². The lowest BCUT2D eigenvalue weighted by atomic mass is 9.92. The first-order valence-electron chi connectivity index (χ1n) is 8.16. The molecule has 0 amide bonds. The SMILES string of the molecule is CC=C(Nc1nc(NCC(F)(F)F)nc(C2=C(F)C(O)C(F)(F)CC2)n1)C(F)(F)F. The summed E-state index contributed by atoms with van der Waals surface area (Å²) in [4.78, 5) is 10.3. The summed E-state index contributed by atoms with van der Waals surface area (Å²) in [6.07, 6.45) is -13.7. The van der Waals surface area contributed by atoms with Gasteiger partial charge in [0.05, 0.1) is 0 Å².